The molecule has 0 aliphatic carbocycles. The van der Waals surface area contributed by atoms with E-state index in [4.69, 9.17) is 4.65 Å². The number of benzene rings is 1. The third-order valence-corrected chi connectivity index (χ3v) is 2.01. The topological polar surface area (TPSA) is 29.5 Å². The van der Waals surface area contributed by atoms with Gasteiger partial charge in [-0.1, -0.05) is 24.3 Å². The Hall–Kier alpha value is -1.13. The van der Waals surface area contributed by atoms with Crippen molar-refractivity contribution in [3.05, 3.63) is 41.7 Å². The van der Waals surface area contributed by atoms with E-state index in [1.165, 1.54) is 6.07 Å². The van der Waals surface area contributed by atoms with Crippen molar-refractivity contribution in [2.45, 2.75) is 0 Å². The zero-order valence-electron chi connectivity index (χ0n) is 6.90. The molecule has 0 saturated carbocycles. The molecule has 0 radical (unpaired) electrons. The monoisotopic (exact) mass is 178 g/mol. The summed E-state index contributed by atoms with van der Waals surface area (Å²) in [5, 5.41) is 9.31. The summed E-state index contributed by atoms with van der Waals surface area (Å²) in [5.41, 5.74) is 0.922. The molecule has 1 aromatic rings. The van der Waals surface area contributed by atoms with E-state index in [9.17, 15) is 9.41 Å². The average Bonchev–Trinajstić information content (AvgIpc) is 2.52. The van der Waals surface area contributed by atoms with Gasteiger partial charge in [-0.25, -0.2) is 4.39 Å². The van der Waals surface area contributed by atoms with Crippen molar-refractivity contribution in [1.82, 2.24) is 0 Å². The fourth-order valence-corrected chi connectivity index (χ4v) is 1.36. The minimum absolute atomic E-state index is 0.335. The number of rotatable bonds is 1. The summed E-state index contributed by atoms with van der Waals surface area (Å²) in [7, 11) is -0.989. The van der Waals surface area contributed by atoms with E-state index in [-0.39, 0.29) is 5.82 Å². The van der Waals surface area contributed by atoms with Crippen LogP contribution in [-0.2, 0) is 4.65 Å². The standard InChI is InChI=1S/C9H8BFO2/c11-9-4-2-1-3-7(9)8-5-6-13-10(8)12/h1-5,12H,6H2. The van der Waals surface area contributed by atoms with E-state index < -0.39 is 7.12 Å². The molecule has 2 nitrogen and oxygen atoms in total. The van der Waals surface area contributed by atoms with Crippen molar-refractivity contribution in [3.8, 4) is 0 Å². The lowest BCUT2D eigenvalue weighted by atomic mass is 9.76. The molecule has 0 spiro atoms. The summed E-state index contributed by atoms with van der Waals surface area (Å²) < 4.78 is 18.1. The molecule has 1 aliphatic heterocycles. The average molecular weight is 178 g/mol. The first-order valence-corrected chi connectivity index (χ1v) is 4.03. The summed E-state index contributed by atoms with van der Waals surface area (Å²) in [4.78, 5) is 0. The normalized spacial score (nSPS) is 16.2. The predicted octanol–water partition coefficient (Wildman–Crippen LogP) is 1.26. The van der Waals surface area contributed by atoms with Crippen LogP contribution in [0.4, 0.5) is 4.39 Å². The van der Waals surface area contributed by atoms with E-state index >= 15 is 0 Å². The molecule has 1 N–H and O–H groups in total. The third kappa shape index (κ3) is 1.50. The smallest absolute Gasteiger partial charge is 0.423 e. The molecule has 4 heteroatoms. The molecule has 0 bridgehead atoms. The van der Waals surface area contributed by atoms with Crippen molar-refractivity contribution < 1.29 is 14.1 Å². The first-order valence-electron chi connectivity index (χ1n) is 4.03. The Kier molecular flexibility index (Phi) is 2.16. The Morgan fingerprint density at radius 3 is 2.77 bits per heavy atom. The van der Waals surface area contributed by atoms with Gasteiger partial charge in [0, 0.05) is 5.56 Å². The minimum Gasteiger partial charge on any atom is -0.423 e. The molecule has 13 heavy (non-hydrogen) atoms. The fraction of sp³-hybridized carbons (Fsp3) is 0.111. The Bertz CT molecular complexity index is 351. The van der Waals surface area contributed by atoms with Crippen molar-refractivity contribution in [1.29, 1.82) is 0 Å². The van der Waals surface area contributed by atoms with Crippen LogP contribution in [0.25, 0.3) is 5.47 Å². The van der Waals surface area contributed by atoms with Gasteiger partial charge in [0.1, 0.15) is 5.82 Å². The Labute approximate surface area is 75.8 Å². The van der Waals surface area contributed by atoms with Crippen LogP contribution < -0.4 is 0 Å². The first kappa shape index (κ1) is 8.47. The summed E-state index contributed by atoms with van der Waals surface area (Å²) in [6.07, 6.45) is 1.68. The van der Waals surface area contributed by atoms with E-state index in [1.807, 2.05) is 0 Å². The lowest BCUT2D eigenvalue weighted by Gasteiger charge is -2.04. The lowest BCUT2D eigenvalue weighted by molar-refractivity contribution is 0.316. The number of hydrogen-bond donors (Lipinski definition) is 1. The van der Waals surface area contributed by atoms with Gasteiger partial charge < -0.3 is 9.68 Å². The molecule has 0 amide bonds. The maximum Gasteiger partial charge on any atom is 0.491 e. The van der Waals surface area contributed by atoms with Crippen LogP contribution in [0.2, 0.25) is 0 Å². The van der Waals surface area contributed by atoms with Gasteiger partial charge >= 0.3 is 7.12 Å². The van der Waals surface area contributed by atoms with Gasteiger partial charge in [0.15, 0.2) is 0 Å². The maximum absolute atomic E-state index is 13.2. The van der Waals surface area contributed by atoms with E-state index in [1.54, 1.807) is 24.3 Å². The number of halogens is 1. The fourth-order valence-electron chi connectivity index (χ4n) is 1.36. The molecule has 66 valence electrons. The molecule has 2 rings (SSSR count). The Balaban J connectivity index is 2.40. The lowest BCUT2D eigenvalue weighted by Crippen LogP contribution is -2.14. The van der Waals surface area contributed by atoms with Crippen LogP contribution in [0.5, 0.6) is 0 Å². The van der Waals surface area contributed by atoms with Crippen LogP contribution in [-0.4, -0.2) is 18.7 Å². The van der Waals surface area contributed by atoms with Gasteiger partial charge in [0.05, 0.1) is 6.61 Å². The molecule has 0 unspecified atom stereocenters. The highest BCUT2D eigenvalue weighted by atomic mass is 19.1. The minimum atomic E-state index is -0.989. The van der Waals surface area contributed by atoms with Gasteiger partial charge in [-0.2, -0.15) is 0 Å². The molecule has 0 atom stereocenters. The largest absolute Gasteiger partial charge is 0.491 e. The highest BCUT2D eigenvalue weighted by Gasteiger charge is 2.26. The second-order valence-electron chi connectivity index (χ2n) is 2.83. The van der Waals surface area contributed by atoms with Crippen LogP contribution in [0.15, 0.2) is 30.3 Å². The maximum atomic E-state index is 13.2. The second kappa shape index (κ2) is 3.32. The summed E-state index contributed by atoms with van der Waals surface area (Å²) >= 11 is 0. The first-order chi connectivity index (χ1) is 6.29. The van der Waals surface area contributed by atoms with Crippen LogP contribution in [0.3, 0.4) is 0 Å². The molecule has 1 aromatic carbocycles. The summed E-state index contributed by atoms with van der Waals surface area (Å²) in [6.45, 7) is 0.338. The summed E-state index contributed by atoms with van der Waals surface area (Å²) in [5.74, 6) is -0.335. The van der Waals surface area contributed by atoms with Crippen LogP contribution in [0.1, 0.15) is 5.56 Å². The third-order valence-electron chi connectivity index (χ3n) is 2.01. The molecule has 1 heterocycles. The molecule has 0 aromatic heterocycles. The van der Waals surface area contributed by atoms with E-state index in [2.05, 4.69) is 0 Å². The summed E-state index contributed by atoms with van der Waals surface area (Å²) in [6, 6.07) is 6.33. The SMILES string of the molecule is OB1OCC=C1c1ccccc1F. The van der Waals surface area contributed by atoms with E-state index in [0.717, 1.165) is 0 Å². The van der Waals surface area contributed by atoms with Gasteiger partial charge in [-0.3, -0.25) is 0 Å². The second-order valence-corrected chi connectivity index (χ2v) is 2.83. The zero-order valence-corrected chi connectivity index (χ0v) is 6.90. The van der Waals surface area contributed by atoms with Crippen LogP contribution in [0, 0.1) is 5.82 Å². The molecule has 1 aliphatic rings. The molecule has 0 saturated heterocycles. The van der Waals surface area contributed by atoms with Gasteiger partial charge in [0.25, 0.3) is 0 Å². The van der Waals surface area contributed by atoms with Gasteiger partial charge in [-0.15, -0.1) is 0 Å². The highest BCUT2D eigenvalue weighted by Crippen LogP contribution is 2.23. The van der Waals surface area contributed by atoms with Crippen molar-refractivity contribution in [2.24, 2.45) is 0 Å². The van der Waals surface area contributed by atoms with Crippen molar-refractivity contribution in [3.63, 3.8) is 0 Å². The Morgan fingerprint density at radius 1 is 1.38 bits per heavy atom. The highest BCUT2D eigenvalue weighted by molar-refractivity contribution is 6.67. The van der Waals surface area contributed by atoms with Gasteiger partial charge in [-0.05, 0) is 11.5 Å². The van der Waals surface area contributed by atoms with E-state index in [0.29, 0.717) is 17.6 Å². The quantitative estimate of drug-likeness (QED) is 0.655. The Morgan fingerprint density at radius 2 is 2.15 bits per heavy atom. The van der Waals surface area contributed by atoms with Crippen molar-refractivity contribution in [2.75, 3.05) is 6.61 Å². The predicted molar refractivity (Wildman–Crippen MR) is 48.3 cm³/mol. The zero-order chi connectivity index (χ0) is 9.26. The molecular weight excluding hydrogens is 170 g/mol. The molecule has 0 fully saturated rings. The van der Waals surface area contributed by atoms with Crippen molar-refractivity contribution >= 4 is 12.6 Å². The molecular formula is C9H8BFO2. The van der Waals surface area contributed by atoms with Crippen LogP contribution >= 0.6 is 0 Å². The number of hydrogen-bond acceptors (Lipinski definition) is 2. The van der Waals surface area contributed by atoms with Gasteiger partial charge in [0.2, 0.25) is 0 Å².